The van der Waals surface area contributed by atoms with Gasteiger partial charge in [-0.15, -0.1) is 0 Å². The van der Waals surface area contributed by atoms with Crippen LogP contribution in [0.2, 0.25) is 0 Å². The molecule has 0 unspecified atom stereocenters. The number of carbonyl (C=O) groups excluding carboxylic acids is 1. The Hall–Kier alpha value is -4.05. The zero-order chi connectivity index (χ0) is 22.7. The molecule has 0 atom stereocenters. The quantitative estimate of drug-likeness (QED) is 0.407. The number of benzene rings is 1. The summed E-state index contributed by atoms with van der Waals surface area (Å²) in [4.78, 5) is 17.1. The Morgan fingerprint density at radius 3 is 2.75 bits per heavy atom. The number of aryl methyl sites for hydroxylation is 2. The maximum atomic E-state index is 14.6. The average molecular weight is 436 g/mol. The second-order valence-corrected chi connectivity index (χ2v) is 7.16. The molecule has 1 aromatic carbocycles. The van der Waals surface area contributed by atoms with Gasteiger partial charge < -0.3 is 20.3 Å². The van der Waals surface area contributed by atoms with Gasteiger partial charge in [-0.2, -0.15) is 5.10 Å². The SMILES string of the molecule is Cc1cc(F)c(C(=O)Nc2ccon2)cc1-c1cnc(NCCO)c(-c2cnn(C)c2)c1. The lowest BCUT2D eigenvalue weighted by molar-refractivity contribution is 0.102. The van der Waals surface area contributed by atoms with Crippen molar-refractivity contribution in [2.24, 2.45) is 7.05 Å². The average Bonchev–Trinajstić information content (AvgIpc) is 3.44. The number of rotatable bonds is 7. The lowest BCUT2D eigenvalue weighted by Crippen LogP contribution is -2.14. The van der Waals surface area contributed by atoms with Crippen LogP contribution >= 0.6 is 0 Å². The number of carbonyl (C=O) groups is 1. The third-order valence-electron chi connectivity index (χ3n) is 4.86. The van der Waals surface area contributed by atoms with Crippen LogP contribution in [0.4, 0.5) is 16.0 Å². The molecule has 9 nitrogen and oxygen atoms in total. The Bertz CT molecular complexity index is 1250. The first-order chi connectivity index (χ1) is 15.5. The number of hydrogen-bond donors (Lipinski definition) is 3. The number of aliphatic hydroxyl groups is 1. The fourth-order valence-electron chi connectivity index (χ4n) is 3.33. The molecular formula is C22H21FN6O3. The van der Waals surface area contributed by atoms with E-state index in [0.717, 1.165) is 11.1 Å². The summed E-state index contributed by atoms with van der Waals surface area (Å²) in [5.41, 5.74) is 3.47. The topological polar surface area (TPSA) is 118 Å². The zero-order valence-corrected chi connectivity index (χ0v) is 17.5. The summed E-state index contributed by atoms with van der Waals surface area (Å²) in [6.07, 6.45) is 6.50. The number of aliphatic hydroxyl groups excluding tert-OH is 1. The molecule has 4 rings (SSSR count). The monoisotopic (exact) mass is 436 g/mol. The van der Waals surface area contributed by atoms with Gasteiger partial charge in [-0.25, -0.2) is 9.37 Å². The number of amides is 1. The molecule has 0 spiro atoms. The van der Waals surface area contributed by atoms with Crippen LogP contribution in [0.15, 0.2) is 53.6 Å². The van der Waals surface area contributed by atoms with Gasteiger partial charge in [-0.3, -0.25) is 9.48 Å². The number of nitrogens with zero attached hydrogens (tertiary/aromatic N) is 4. The van der Waals surface area contributed by atoms with Gasteiger partial charge >= 0.3 is 0 Å². The summed E-state index contributed by atoms with van der Waals surface area (Å²) in [5, 5.41) is 22.6. The van der Waals surface area contributed by atoms with Gasteiger partial charge in [0.1, 0.15) is 17.9 Å². The first-order valence-corrected chi connectivity index (χ1v) is 9.82. The Balaban J connectivity index is 1.76. The Morgan fingerprint density at radius 1 is 1.22 bits per heavy atom. The number of anilines is 2. The predicted molar refractivity (Wildman–Crippen MR) is 117 cm³/mol. The molecule has 3 aromatic heterocycles. The normalized spacial score (nSPS) is 10.9. The standard InChI is InChI=1S/C22H21FN6O3/c1-13-7-19(23)18(22(31)27-20-3-6-32-28-20)9-16(13)14-8-17(15-11-26-29(2)12-15)21(25-10-14)24-4-5-30/h3,6-12,30H,4-5H2,1-2H3,(H,24,25)(H,27,28,31). The van der Waals surface area contributed by atoms with Gasteiger partial charge in [-0.1, -0.05) is 5.16 Å². The number of pyridine rings is 1. The van der Waals surface area contributed by atoms with Crippen molar-refractivity contribution in [3.05, 3.63) is 66.1 Å². The summed E-state index contributed by atoms with van der Waals surface area (Å²) in [6.45, 7) is 2.05. The van der Waals surface area contributed by atoms with Gasteiger partial charge in [0, 0.05) is 48.7 Å². The van der Waals surface area contributed by atoms with Gasteiger partial charge in [0.25, 0.3) is 5.91 Å². The smallest absolute Gasteiger partial charge is 0.259 e. The van der Waals surface area contributed by atoms with Gasteiger partial charge in [-0.05, 0) is 36.2 Å². The molecule has 0 saturated heterocycles. The van der Waals surface area contributed by atoms with E-state index in [2.05, 4.69) is 25.9 Å². The Kier molecular flexibility index (Phi) is 5.95. The fraction of sp³-hybridized carbons (Fsp3) is 0.182. The summed E-state index contributed by atoms with van der Waals surface area (Å²) in [7, 11) is 1.81. The third kappa shape index (κ3) is 4.35. The largest absolute Gasteiger partial charge is 0.395 e. The van der Waals surface area contributed by atoms with Gasteiger partial charge in [0.15, 0.2) is 5.82 Å². The number of halogens is 1. The molecule has 0 aliphatic carbocycles. The summed E-state index contributed by atoms with van der Waals surface area (Å²) < 4.78 is 21.0. The van der Waals surface area contributed by atoms with Crippen LogP contribution in [-0.2, 0) is 7.05 Å². The second kappa shape index (κ2) is 8.98. The zero-order valence-electron chi connectivity index (χ0n) is 17.5. The molecule has 0 aliphatic heterocycles. The van der Waals surface area contributed by atoms with Crippen LogP contribution in [0.25, 0.3) is 22.3 Å². The first kappa shape index (κ1) is 21.2. The Labute approximate surface area is 182 Å². The van der Waals surface area contributed by atoms with Crippen LogP contribution in [0.3, 0.4) is 0 Å². The van der Waals surface area contributed by atoms with Crippen LogP contribution in [0.5, 0.6) is 0 Å². The molecule has 3 heterocycles. The van der Waals surface area contributed by atoms with Crippen molar-refractivity contribution in [1.29, 1.82) is 0 Å². The van der Waals surface area contributed by atoms with Crippen molar-refractivity contribution < 1.29 is 18.8 Å². The van der Waals surface area contributed by atoms with E-state index in [1.807, 2.05) is 19.3 Å². The minimum absolute atomic E-state index is 0.0447. The molecule has 10 heteroatoms. The van der Waals surface area contributed by atoms with E-state index < -0.39 is 11.7 Å². The lowest BCUT2D eigenvalue weighted by Gasteiger charge is -2.14. The highest BCUT2D eigenvalue weighted by Gasteiger charge is 2.18. The molecule has 0 fully saturated rings. The van der Waals surface area contributed by atoms with Crippen molar-refractivity contribution in [1.82, 2.24) is 19.9 Å². The molecule has 1 amide bonds. The molecule has 0 radical (unpaired) electrons. The van der Waals surface area contributed by atoms with E-state index in [-0.39, 0.29) is 18.0 Å². The summed E-state index contributed by atoms with van der Waals surface area (Å²) in [6, 6.07) is 6.16. The molecule has 0 bridgehead atoms. The van der Waals surface area contributed by atoms with Gasteiger partial charge in [0.05, 0.1) is 18.4 Å². The number of nitrogens with one attached hydrogen (secondary N) is 2. The maximum Gasteiger partial charge on any atom is 0.259 e. The molecule has 4 aromatic rings. The molecular weight excluding hydrogens is 415 g/mol. The highest BCUT2D eigenvalue weighted by atomic mass is 19.1. The molecule has 0 saturated carbocycles. The van der Waals surface area contributed by atoms with E-state index >= 15 is 0 Å². The molecule has 0 aliphatic rings. The van der Waals surface area contributed by atoms with Crippen molar-refractivity contribution in [2.45, 2.75) is 6.92 Å². The van der Waals surface area contributed by atoms with Crippen molar-refractivity contribution in [2.75, 3.05) is 23.8 Å². The van der Waals surface area contributed by atoms with Crippen LogP contribution in [-0.4, -0.2) is 44.1 Å². The van der Waals surface area contributed by atoms with Crippen molar-refractivity contribution in [3.8, 4) is 22.3 Å². The predicted octanol–water partition coefficient (Wildman–Crippen LogP) is 3.24. The van der Waals surface area contributed by atoms with Crippen LogP contribution in [0.1, 0.15) is 15.9 Å². The molecule has 164 valence electrons. The minimum atomic E-state index is -0.645. The second-order valence-electron chi connectivity index (χ2n) is 7.16. The summed E-state index contributed by atoms with van der Waals surface area (Å²) in [5.74, 6) is -0.510. The van der Waals surface area contributed by atoms with Crippen LogP contribution in [0, 0.1) is 12.7 Å². The highest BCUT2D eigenvalue weighted by Crippen LogP contribution is 2.33. The third-order valence-corrected chi connectivity index (χ3v) is 4.86. The van der Waals surface area contributed by atoms with E-state index in [4.69, 9.17) is 4.52 Å². The summed E-state index contributed by atoms with van der Waals surface area (Å²) >= 11 is 0. The van der Waals surface area contributed by atoms with Crippen molar-refractivity contribution >= 4 is 17.5 Å². The number of aromatic nitrogens is 4. The number of hydrogen-bond acceptors (Lipinski definition) is 7. The highest BCUT2D eigenvalue weighted by molar-refractivity contribution is 6.04. The van der Waals surface area contributed by atoms with E-state index in [0.29, 0.717) is 29.1 Å². The molecule has 32 heavy (non-hydrogen) atoms. The minimum Gasteiger partial charge on any atom is -0.395 e. The van der Waals surface area contributed by atoms with Crippen molar-refractivity contribution in [3.63, 3.8) is 0 Å². The first-order valence-electron chi connectivity index (χ1n) is 9.82. The van der Waals surface area contributed by atoms with Crippen LogP contribution < -0.4 is 10.6 Å². The van der Waals surface area contributed by atoms with E-state index in [9.17, 15) is 14.3 Å². The van der Waals surface area contributed by atoms with E-state index in [1.54, 1.807) is 24.0 Å². The van der Waals surface area contributed by atoms with E-state index in [1.165, 1.54) is 24.5 Å². The Morgan fingerprint density at radius 2 is 2.06 bits per heavy atom. The lowest BCUT2D eigenvalue weighted by atomic mass is 9.96. The molecule has 3 N–H and O–H groups in total. The fourth-order valence-corrected chi connectivity index (χ4v) is 3.33. The van der Waals surface area contributed by atoms with Gasteiger partial charge in [0.2, 0.25) is 0 Å². The maximum absolute atomic E-state index is 14.6.